The van der Waals surface area contributed by atoms with Crippen molar-refractivity contribution >= 4 is 34.4 Å². The molecule has 1 heterocycles. The predicted octanol–water partition coefficient (Wildman–Crippen LogP) is 4.41. The minimum absolute atomic E-state index is 0.0175. The van der Waals surface area contributed by atoms with E-state index < -0.39 is 17.5 Å². The smallest absolute Gasteiger partial charge is 0.355 e. The summed E-state index contributed by atoms with van der Waals surface area (Å²) in [6.07, 6.45) is 0. The summed E-state index contributed by atoms with van der Waals surface area (Å²) in [5.74, 6) is -2.62. The van der Waals surface area contributed by atoms with E-state index in [0.717, 1.165) is 0 Å². The van der Waals surface area contributed by atoms with Crippen molar-refractivity contribution in [1.29, 1.82) is 0 Å². The largest absolute Gasteiger partial charge is 0.463 e. The maximum Gasteiger partial charge on any atom is 0.355 e. The highest BCUT2D eigenvalue weighted by Crippen LogP contribution is 2.43. The maximum absolute atomic E-state index is 13.2. The van der Waals surface area contributed by atoms with Crippen LogP contribution in [-0.2, 0) is 31.7 Å². The van der Waals surface area contributed by atoms with Crippen molar-refractivity contribution in [2.75, 3.05) is 18.5 Å². The molecule has 3 aromatic carbocycles. The number of aliphatic hydroxyl groups is 1. The number of aryl methyl sites for hydroxylation is 1. The number of rotatable bonds is 8. The molecule has 1 amide bonds. The van der Waals surface area contributed by atoms with Crippen molar-refractivity contribution in [3.05, 3.63) is 90.0 Å². The van der Waals surface area contributed by atoms with Gasteiger partial charge in [-0.25, -0.2) is 9.59 Å². The summed E-state index contributed by atoms with van der Waals surface area (Å²) in [7, 11) is 1.76. The van der Waals surface area contributed by atoms with E-state index in [9.17, 15) is 19.5 Å². The van der Waals surface area contributed by atoms with Gasteiger partial charge in [-0.2, -0.15) is 0 Å². The predicted molar refractivity (Wildman–Crippen MR) is 140 cm³/mol. The summed E-state index contributed by atoms with van der Waals surface area (Å²) in [6, 6.07) is 22.8. The molecular weight excluding hydrogens is 472 g/mol. The van der Waals surface area contributed by atoms with Gasteiger partial charge in [-0.3, -0.25) is 4.79 Å². The lowest BCUT2D eigenvalue weighted by Gasteiger charge is -2.26. The number of esters is 2. The van der Waals surface area contributed by atoms with Gasteiger partial charge < -0.3 is 24.5 Å². The number of anilines is 1. The second-order valence-corrected chi connectivity index (χ2v) is 8.32. The number of fused-ring (bicyclic) bond motifs is 1. The number of aromatic nitrogens is 1. The quantitative estimate of drug-likeness (QED) is 0.274. The summed E-state index contributed by atoms with van der Waals surface area (Å²) in [5, 5.41) is 15.2. The van der Waals surface area contributed by atoms with Gasteiger partial charge in [0.2, 0.25) is 0 Å². The normalized spacial score (nSPS) is 11.2. The van der Waals surface area contributed by atoms with Crippen molar-refractivity contribution < 1.29 is 29.0 Å². The Morgan fingerprint density at radius 2 is 1.41 bits per heavy atom. The average molecular weight is 501 g/mol. The molecule has 0 saturated carbocycles. The molecule has 0 atom stereocenters. The van der Waals surface area contributed by atoms with Gasteiger partial charge in [0, 0.05) is 34.6 Å². The summed E-state index contributed by atoms with van der Waals surface area (Å²) < 4.78 is 12.1. The number of ether oxygens (including phenoxy) is 2. The third kappa shape index (κ3) is 4.59. The van der Waals surface area contributed by atoms with Crippen molar-refractivity contribution in [3.63, 3.8) is 0 Å². The first-order valence-corrected chi connectivity index (χ1v) is 11.9. The molecule has 0 radical (unpaired) electrons. The van der Waals surface area contributed by atoms with E-state index in [2.05, 4.69) is 5.32 Å². The Morgan fingerprint density at radius 1 is 0.838 bits per heavy atom. The SMILES string of the molecule is CCOC(=O)C(O)(C(=O)OCC)c1c(-c2ccccc2NC(=O)c2ccccc2)n(C)c2ccccc12. The topological polar surface area (TPSA) is 107 Å². The number of benzene rings is 3. The van der Waals surface area contributed by atoms with Gasteiger partial charge in [0.15, 0.2) is 0 Å². The minimum Gasteiger partial charge on any atom is -0.463 e. The second-order valence-electron chi connectivity index (χ2n) is 8.32. The first kappa shape index (κ1) is 25.7. The van der Waals surface area contributed by atoms with Crippen LogP contribution in [0.4, 0.5) is 5.69 Å². The fourth-order valence-electron chi connectivity index (χ4n) is 4.42. The van der Waals surface area contributed by atoms with Crippen molar-refractivity contribution in [2.45, 2.75) is 19.4 Å². The number of hydrogen-bond acceptors (Lipinski definition) is 6. The molecule has 0 aliphatic carbocycles. The third-order valence-corrected chi connectivity index (χ3v) is 6.08. The summed E-state index contributed by atoms with van der Waals surface area (Å²) in [6.45, 7) is 3.07. The number of para-hydroxylation sites is 2. The standard InChI is InChI=1S/C29H28N2O6/c1-4-36-27(33)29(35,28(34)37-5-2)24-21-16-10-12-18-23(21)31(3)25(24)20-15-9-11-17-22(20)30-26(32)19-13-7-6-8-14-19/h6-18,35H,4-5H2,1-3H3,(H,30,32). The van der Waals surface area contributed by atoms with Crippen LogP contribution in [0.5, 0.6) is 0 Å². The van der Waals surface area contributed by atoms with Gasteiger partial charge in [-0.05, 0) is 38.1 Å². The Labute approximate surface area is 214 Å². The summed E-state index contributed by atoms with van der Waals surface area (Å²) in [5.41, 5.74) is -0.338. The zero-order valence-electron chi connectivity index (χ0n) is 20.9. The van der Waals surface area contributed by atoms with Gasteiger partial charge in [-0.1, -0.05) is 54.6 Å². The lowest BCUT2D eigenvalue weighted by atomic mass is 9.88. The number of carbonyl (C=O) groups excluding carboxylic acids is 3. The van der Waals surface area contributed by atoms with Crippen LogP contribution >= 0.6 is 0 Å². The Kier molecular flexibility index (Phi) is 7.40. The first-order chi connectivity index (χ1) is 17.8. The van der Waals surface area contributed by atoms with Gasteiger partial charge >= 0.3 is 11.9 Å². The van der Waals surface area contributed by atoms with Crippen LogP contribution in [0.2, 0.25) is 0 Å². The van der Waals surface area contributed by atoms with Crippen molar-refractivity contribution in [2.24, 2.45) is 7.05 Å². The van der Waals surface area contributed by atoms with E-state index in [1.165, 1.54) is 0 Å². The first-order valence-electron chi connectivity index (χ1n) is 11.9. The van der Waals surface area contributed by atoms with Gasteiger partial charge in [0.1, 0.15) is 0 Å². The Morgan fingerprint density at radius 3 is 2.05 bits per heavy atom. The molecule has 4 aromatic rings. The zero-order valence-corrected chi connectivity index (χ0v) is 20.9. The zero-order chi connectivity index (χ0) is 26.6. The molecule has 0 aliphatic heterocycles. The highest BCUT2D eigenvalue weighted by molar-refractivity contribution is 6.12. The van der Waals surface area contributed by atoms with Crippen molar-refractivity contribution in [3.8, 4) is 11.3 Å². The molecule has 37 heavy (non-hydrogen) atoms. The van der Waals surface area contributed by atoms with Crippen LogP contribution in [-0.4, -0.2) is 40.7 Å². The molecule has 0 unspecified atom stereocenters. The Balaban J connectivity index is 1.99. The second kappa shape index (κ2) is 10.7. The molecule has 0 saturated heterocycles. The van der Waals surface area contributed by atoms with E-state index in [1.807, 2.05) is 18.2 Å². The van der Waals surface area contributed by atoms with Gasteiger partial charge in [0.05, 0.1) is 24.6 Å². The molecule has 8 nitrogen and oxygen atoms in total. The van der Waals surface area contributed by atoms with Crippen LogP contribution in [0.15, 0.2) is 78.9 Å². The van der Waals surface area contributed by atoms with Crippen LogP contribution in [0, 0.1) is 0 Å². The van der Waals surface area contributed by atoms with Gasteiger partial charge in [0.25, 0.3) is 11.5 Å². The summed E-state index contributed by atoms with van der Waals surface area (Å²) in [4.78, 5) is 39.4. The number of hydrogen-bond donors (Lipinski definition) is 2. The third-order valence-electron chi connectivity index (χ3n) is 6.08. The van der Waals surface area contributed by atoms with E-state index in [1.54, 1.807) is 86.1 Å². The lowest BCUT2D eigenvalue weighted by Crippen LogP contribution is -2.46. The Bertz CT molecular complexity index is 1440. The van der Waals surface area contributed by atoms with E-state index >= 15 is 0 Å². The average Bonchev–Trinajstić information content (AvgIpc) is 3.21. The highest BCUT2D eigenvalue weighted by atomic mass is 16.6. The molecule has 0 spiro atoms. The monoisotopic (exact) mass is 500 g/mol. The number of nitrogens with one attached hydrogen (secondary N) is 1. The molecule has 0 fully saturated rings. The number of carbonyl (C=O) groups is 3. The summed E-state index contributed by atoms with van der Waals surface area (Å²) >= 11 is 0. The molecule has 0 bridgehead atoms. The maximum atomic E-state index is 13.2. The molecule has 1 aromatic heterocycles. The molecule has 0 aliphatic rings. The van der Waals surface area contributed by atoms with Crippen LogP contribution in [0.25, 0.3) is 22.2 Å². The molecule has 8 heteroatoms. The molecule has 4 rings (SSSR count). The molecule has 190 valence electrons. The lowest BCUT2D eigenvalue weighted by molar-refractivity contribution is -0.184. The molecular formula is C29H28N2O6. The minimum atomic E-state index is -2.75. The van der Waals surface area contributed by atoms with E-state index in [0.29, 0.717) is 33.4 Å². The number of amides is 1. The van der Waals surface area contributed by atoms with E-state index in [4.69, 9.17) is 9.47 Å². The fraction of sp³-hybridized carbons (Fsp3) is 0.207. The van der Waals surface area contributed by atoms with Crippen LogP contribution in [0.3, 0.4) is 0 Å². The van der Waals surface area contributed by atoms with Crippen LogP contribution < -0.4 is 5.32 Å². The van der Waals surface area contributed by atoms with E-state index in [-0.39, 0.29) is 24.7 Å². The van der Waals surface area contributed by atoms with Crippen LogP contribution in [0.1, 0.15) is 29.8 Å². The van der Waals surface area contributed by atoms with Gasteiger partial charge in [-0.15, -0.1) is 0 Å². The van der Waals surface area contributed by atoms with Crippen molar-refractivity contribution in [1.82, 2.24) is 4.57 Å². The molecule has 2 N–H and O–H groups in total. The fourth-order valence-corrected chi connectivity index (χ4v) is 4.42. The Hall–Kier alpha value is -4.43. The highest BCUT2D eigenvalue weighted by Gasteiger charge is 2.53. The number of nitrogens with zero attached hydrogens (tertiary/aromatic N) is 1.